The molecule has 1 atom stereocenters. The summed E-state index contributed by atoms with van der Waals surface area (Å²) in [5.74, 6) is 0.00154. The zero-order chi connectivity index (χ0) is 14.5. The minimum atomic E-state index is 0.00154. The number of hydrogen-bond acceptors (Lipinski definition) is 6. The quantitative estimate of drug-likeness (QED) is 0.773. The van der Waals surface area contributed by atoms with Gasteiger partial charge in [0.05, 0.1) is 13.2 Å². The molecule has 0 spiro atoms. The van der Waals surface area contributed by atoms with Crippen LogP contribution in [-0.2, 0) is 4.74 Å². The first-order valence-corrected chi connectivity index (χ1v) is 8.79. The molecule has 1 amide bonds. The van der Waals surface area contributed by atoms with Crippen LogP contribution in [-0.4, -0.2) is 72.9 Å². The van der Waals surface area contributed by atoms with Crippen LogP contribution in [0.3, 0.4) is 0 Å². The summed E-state index contributed by atoms with van der Waals surface area (Å²) >= 11 is 3.09. The Morgan fingerprint density at radius 1 is 1.60 bits per heavy atom. The van der Waals surface area contributed by atoms with Crippen LogP contribution >= 0.6 is 23.1 Å². The van der Waals surface area contributed by atoms with Crippen LogP contribution in [0.4, 0.5) is 0 Å². The number of aromatic nitrogens is 1. The van der Waals surface area contributed by atoms with Crippen LogP contribution in [0.5, 0.6) is 0 Å². The number of hydrogen-bond donors (Lipinski definition) is 0. The summed E-state index contributed by atoms with van der Waals surface area (Å²) in [7, 11) is 1.84. The molecule has 1 aromatic rings. The standard InChI is InChI=1S/C13H21N3O2S2/c1-10(16-4-6-18-7-5-16)8-15(2)12(17)11-9-20-13(14-11)19-3/h9-10H,4-8H2,1-3H3. The van der Waals surface area contributed by atoms with E-state index in [0.29, 0.717) is 18.3 Å². The number of thiazole rings is 1. The van der Waals surface area contributed by atoms with Crippen molar-refractivity contribution in [3.63, 3.8) is 0 Å². The maximum absolute atomic E-state index is 12.3. The summed E-state index contributed by atoms with van der Waals surface area (Å²) in [6.45, 7) is 6.32. The second-order valence-electron chi connectivity index (χ2n) is 4.89. The molecular formula is C13H21N3O2S2. The van der Waals surface area contributed by atoms with E-state index in [1.165, 1.54) is 11.3 Å². The second-order valence-corrected chi connectivity index (χ2v) is 6.80. The highest BCUT2D eigenvalue weighted by molar-refractivity contribution is 8.00. The summed E-state index contributed by atoms with van der Waals surface area (Å²) in [5.41, 5.74) is 0.552. The normalized spacial score (nSPS) is 17.9. The molecule has 0 saturated carbocycles. The van der Waals surface area contributed by atoms with Gasteiger partial charge in [-0.15, -0.1) is 11.3 Å². The van der Waals surface area contributed by atoms with Crippen LogP contribution in [0.25, 0.3) is 0 Å². The smallest absolute Gasteiger partial charge is 0.273 e. The highest BCUT2D eigenvalue weighted by Crippen LogP contribution is 2.20. The molecule has 1 fully saturated rings. The van der Waals surface area contributed by atoms with Gasteiger partial charge in [-0.05, 0) is 13.2 Å². The van der Waals surface area contributed by atoms with E-state index in [2.05, 4.69) is 16.8 Å². The third-order valence-corrected chi connectivity index (χ3v) is 5.29. The molecule has 112 valence electrons. The summed E-state index contributed by atoms with van der Waals surface area (Å²) < 4.78 is 6.29. The van der Waals surface area contributed by atoms with Crippen molar-refractivity contribution in [3.05, 3.63) is 11.1 Å². The van der Waals surface area contributed by atoms with Crippen LogP contribution < -0.4 is 0 Å². The first-order valence-electron chi connectivity index (χ1n) is 6.68. The Bertz CT molecular complexity index is 447. The Labute approximate surface area is 128 Å². The summed E-state index contributed by atoms with van der Waals surface area (Å²) in [5, 5.41) is 1.84. The molecule has 1 unspecified atom stereocenters. The van der Waals surface area contributed by atoms with Gasteiger partial charge in [-0.25, -0.2) is 4.98 Å². The topological polar surface area (TPSA) is 45.7 Å². The van der Waals surface area contributed by atoms with Crippen LogP contribution in [0.1, 0.15) is 17.4 Å². The van der Waals surface area contributed by atoms with E-state index in [1.807, 2.05) is 18.7 Å². The molecule has 1 aromatic heterocycles. The van der Waals surface area contributed by atoms with Gasteiger partial charge in [0.2, 0.25) is 0 Å². The molecule has 1 aliphatic rings. The van der Waals surface area contributed by atoms with Gasteiger partial charge >= 0.3 is 0 Å². The van der Waals surface area contributed by atoms with Crippen molar-refractivity contribution in [3.8, 4) is 0 Å². The highest BCUT2D eigenvalue weighted by atomic mass is 32.2. The van der Waals surface area contributed by atoms with Crippen LogP contribution in [0.2, 0.25) is 0 Å². The molecule has 2 rings (SSSR count). The molecule has 0 bridgehead atoms. The van der Waals surface area contributed by atoms with Gasteiger partial charge in [0.15, 0.2) is 0 Å². The van der Waals surface area contributed by atoms with Crippen molar-refractivity contribution in [1.29, 1.82) is 0 Å². The molecule has 1 saturated heterocycles. The van der Waals surface area contributed by atoms with E-state index in [0.717, 1.165) is 30.6 Å². The van der Waals surface area contributed by atoms with Crippen molar-refractivity contribution in [2.24, 2.45) is 0 Å². The predicted octanol–water partition coefficient (Wildman–Crippen LogP) is 1.66. The molecule has 5 nitrogen and oxygen atoms in total. The lowest BCUT2D eigenvalue weighted by atomic mass is 10.2. The van der Waals surface area contributed by atoms with Crippen molar-refractivity contribution < 1.29 is 9.53 Å². The minimum Gasteiger partial charge on any atom is -0.379 e. The fraction of sp³-hybridized carbons (Fsp3) is 0.692. The van der Waals surface area contributed by atoms with Crippen LogP contribution in [0, 0.1) is 0 Å². The Kier molecular flexibility index (Phi) is 5.83. The third-order valence-electron chi connectivity index (χ3n) is 3.43. The van der Waals surface area contributed by atoms with Gasteiger partial charge in [-0.3, -0.25) is 9.69 Å². The lowest BCUT2D eigenvalue weighted by Gasteiger charge is -2.34. The van der Waals surface area contributed by atoms with Gasteiger partial charge in [0.25, 0.3) is 5.91 Å². The lowest BCUT2D eigenvalue weighted by Crippen LogP contribution is -2.47. The molecule has 20 heavy (non-hydrogen) atoms. The first-order chi connectivity index (χ1) is 9.61. The SMILES string of the molecule is CSc1nc(C(=O)N(C)CC(C)N2CCOCC2)cs1. The second kappa shape index (κ2) is 7.40. The Morgan fingerprint density at radius 2 is 2.30 bits per heavy atom. The third kappa shape index (κ3) is 3.94. The van der Waals surface area contributed by atoms with E-state index in [-0.39, 0.29) is 5.91 Å². The molecule has 0 aliphatic carbocycles. The van der Waals surface area contributed by atoms with Crippen molar-refractivity contribution >= 4 is 29.0 Å². The molecule has 2 heterocycles. The molecule has 0 radical (unpaired) electrons. The number of morpholine rings is 1. The van der Waals surface area contributed by atoms with Crippen molar-refractivity contribution in [1.82, 2.24) is 14.8 Å². The van der Waals surface area contributed by atoms with Crippen molar-refractivity contribution in [2.45, 2.75) is 17.3 Å². The zero-order valence-electron chi connectivity index (χ0n) is 12.2. The Balaban J connectivity index is 1.89. The molecule has 7 heteroatoms. The number of amides is 1. The fourth-order valence-electron chi connectivity index (χ4n) is 2.26. The van der Waals surface area contributed by atoms with E-state index < -0.39 is 0 Å². The molecule has 0 N–H and O–H groups in total. The number of rotatable bonds is 5. The number of carbonyl (C=O) groups excluding carboxylic acids is 1. The summed E-state index contributed by atoms with van der Waals surface area (Å²) in [6.07, 6.45) is 1.97. The van der Waals surface area contributed by atoms with E-state index >= 15 is 0 Å². The molecule has 0 aromatic carbocycles. The number of nitrogens with zero attached hydrogens (tertiary/aromatic N) is 3. The van der Waals surface area contributed by atoms with Gasteiger partial charge in [0.1, 0.15) is 10.0 Å². The average Bonchev–Trinajstić information content (AvgIpc) is 2.96. The minimum absolute atomic E-state index is 0.00154. The number of ether oxygens (including phenoxy) is 1. The number of likely N-dealkylation sites (N-methyl/N-ethyl adjacent to an activating group) is 1. The first kappa shape index (κ1) is 15.8. The lowest BCUT2D eigenvalue weighted by molar-refractivity contribution is 0.0142. The van der Waals surface area contributed by atoms with E-state index in [1.54, 1.807) is 16.7 Å². The van der Waals surface area contributed by atoms with Gasteiger partial charge in [0, 0.05) is 38.1 Å². The molecular weight excluding hydrogens is 294 g/mol. The number of thioether (sulfide) groups is 1. The maximum Gasteiger partial charge on any atom is 0.273 e. The maximum atomic E-state index is 12.3. The number of carbonyl (C=O) groups is 1. The predicted molar refractivity (Wildman–Crippen MR) is 82.7 cm³/mol. The van der Waals surface area contributed by atoms with Crippen LogP contribution in [0.15, 0.2) is 9.72 Å². The van der Waals surface area contributed by atoms with E-state index in [4.69, 9.17) is 4.74 Å². The van der Waals surface area contributed by atoms with Gasteiger partial charge in [-0.2, -0.15) is 0 Å². The van der Waals surface area contributed by atoms with Gasteiger partial charge in [-0.1, -0.05) is 11.8 Å². The fourth-order valence-corrected chi connectivity index (χ4v) is 3.49. The Morgan fingerprint density at radius 3 is 2.90 bits per heavy atom. The zero-order valence-corrected chi connectivity index (χ0v) is 13.8. The largest absolute Gasteiger partial charge is 0.379 e. The monoisotopic (exact) mass is 315 g/mol. The Hall–Kier alpha value is -0.630. The average molecular weight is 315 g/mol. The summed E-state index contributed by atoms with van der Waals surface area (Å²) in [4.78, 5) is 20.8. The molecule has 1 aliphatic heterocycles. The summed E-state index contributed by atoms with van der Waals surface area (Å²) in [6, 6.07) is 0.339. The van der Waals surface area contributed by atoms with Gasteiger partial charge < -0.3 is 9.64 Å². The van der Waals surface area contributed by atoms with E-state index in [9.17, 15) is 4.79 Å². The van der Waals surface area contributed by atoms with Crippen molar-refractivity contribution in [2.75, 3.05) is 46.2 Å². The highest BCUT2D eigenvalue weighted by Gasteiger charge is 2.22.